The summed E-state index contributed by atoms with van der Waals surface area (Å²) in [5.41, 5.74) is 4.28. The number of likely N-dealkylation sites (tertiary alicyclic amines) is 1. The number of nitrogens with one attached hydrogen (secondary N) is 1. The zero-order chi connectivity index (χ0) is 15.8. The van der Waals surface area contributed by atoms with Crippen LogP contribution in [0.15, 0.2) is 29.4 Å². The lowest BCUT2D eigenvalue weighted by molar-refractivity contribution is -0.122. The van der Waals surface area contributed by atoms with Crippen LogP contribution in [0.1, 0.15) is 44.6 Å². The molecule has 0 spiro atoms. The zero-order valence-corrected chi connectivity index (χ0v) is 13.1. The minimum atomic E-state index is -0.270. The molecule has 0 unspecified atom stereocenters. The Labute approximate surface area is 131 Å². The van der Waals surface area contributed by atoms with Gasteiger partial charge in [-0.1, -0.05) is 31.9 Å². The van der Waals surface area contributed by atoms with Crippen LogP contribution < -0.4 is 5.43 Å². The highest BCUT2D eigenvalue weighted by molar-refractivity contribution is 6.01. The predicted octanol–water partition coefficient (Wildman–Crippen LogP) is 2.93. The summed E-state index contributed by atoms with van der Waals surface area (Å²) in [6.45, 7) is 4.41. The first-order chi connectivity index (χ1) is 10.7. The van der Waals surface area contributed by atoms with E-state index in [0.717, 1.165) is 50.0 Å². The Kier molecular flexibility index (Phi) is 6.52. The first-order valence-electron chi connectivity index (χ1n) is 8.02. The third-order valence-electron chi connectivity index (χ3n) is 3.80. The maximum atomic E-state index is 13.0. The van der Waals surface area contributed by atoms with E-state index in [0.29, 0.717) is 6.54 Å². The van der Waals surface area contributed by atoms with Crippen molar-refractivity contribution in [2.24, 2.45) is 5.10 Å². The number of piperidine rings is 1. The number of carbonyl (C=O) groups excluding carboxylic acids is 1. The topological polar surface area (TPSA) is 44.7 Å². The third-order valence-corrected chi connectivity index (χ3v) is 3.80. The Hall–Kier alpha value is -1.75. The van der Waals surface area contributed by atoms with Crippen LogP contribution in [0.3, 0.4) is 0 Å². The van der Waals surface area contributed by atoms with Gasteiger partial charge in [-0.05, 0) is 50.0 Å². The Bertz CT molecular complexity index is 507. The second-order valence-electron chi connectivity index (χ2n) is 5.69. The number of hydrogen-bond acceptors (Lipinski definition) is 3. The van der Waals surface area contributed by atoms with E-state index in [1.165, 1.54) is 18.6 Å². The fourth-order valence-electron chi connectivity index (χ4n) is 2.63. The van der Waals surface area contributed by atoms with Crippen molar-refractivity contribution in [2.45, 2.75) is 39.0 Å². The maximum Gasteiger partial charge on any atom is 0.254 e. The highest BCUT2D eigenvalue weighted by Gasteiger charge is 2.13. The van der Waals surface area contributed by atoms with Crippen LogP contribution in [0.2, 0.25) is 0 Å². The Balaban J connectivity index is 1.94. The molecule has 0 saturated carbocycles. The van der Waals surface area contributed by atoms with Crippen LogP contribution in [0.5, 0.6) is 0 Å². The molecule has 4 nitrogen and oxygen atoms in total. The van der Waals surface area contributed by atoms with Crippen molar-refractivity contribution in [3.63, 3.8) is 0 Å². The second kappa shape index (κ2) is 8.63. The Morgan fingerprint density at radius 3 is 2.55 bits per heavy atom. The summed E-state index contributed by atoms with van der Waals surface area (Å²) in [5.74, 6) is -0.355. The van der Waals surface area contributed by atoms with E-state index >= 15 is 0 Å². The fraction of sp³-hybridized carbons (Fsp3) is 0.529. The predicted molar refractivity (Wildman–Crippen MR) is 86.3 cm³/mol. The van der Waals surface area contributed by atoms with Crippen LogP contribution in [0, 0.1) is 5.82 Å². The minimum absolute atomic E-state index is 0.0855. The molecule has 1 fully saturated rings. The van der Waals surface area contributed by atoms with Crippen molar-refractivity contribution in [2.75, 3.05) is 19.6 Å². The van der Waals surface area contributed by atoms with Gasteiger partial charge in [-0.3, -0.25) is 9.69 Å². The second-order valence-corrected chi connectivity index (χ2v) is 5.69. The van der Waals surface area contributed by atoms with Gasteiger partial charge in [0.1, 0.15) is 5.82 Å². The summed E-state index contributed by atoms with van der Waals surface area (Å²) >= 11 is 0. The molecule has 2 rings (SSSR count). The molecule has 1 N–H and O–H groups in total. The van der Waals surface area contributed by atoms with Gasteiger partial charge in [0, 0.05) is 0 Å². The summed E-state index contributed by atoms with van der Waals surface area (Å²) in [7, 11) is 0. The summed E-state index contributed by atoms with van der Waals surface area (Å²) in [6.07, 6.45) is 5.23. The van der Waals surface area contributed by atoms with Crippen molar-refractivity contribution < 1.29 is 9.18 Å². The fourth-order valence-corrected chi connectivity index (χ4v) is 2.63. The molecule has 1 saturated heterocycles. The molecule has 0 atom stereocenters. The van der Waals surface area contributed by atoms with Crippen LogP contribution in [-0.4, -0.2) is 36.2 Å². The average molecular weight is 305 g/mol. The number of halogens is 1. The van der Waals surface area contributed by atoms with Crippen LogP contribution >= 0.6 is 0 Å². The van der Waals surface area contributed by atoms with Crippen LogP contribution in [-0.2, 0) is 4.79 Å². The molecule has 0 radical (unpaired) electrons. The molecule has 0 bridgehead atoms. The maximum absolute atomic E-state index is 13.0. The van der Waals surface area contributed by atoms with Gasteiger partial charge in [-0.2, -0.15) is 5.10 Å². The molecule has 1 amide bonds. The van der Waals surface area contributed by atoms with E-state index in [4.69, 9.17) is 0 Å². The summed E-state index contributed by atoms with van der Waals surface area (Å²) < 4.78 is 13.0. The van der Waals surface area contributed by atoms with E-state index in [9.17, 15) is 9.18 Å². The molecule has 1 aliphatic rings. The van der Waals surface area contributed by atoms with Gasteiger partial charge in [0.15, 0.2) is 0 Å². The van der Waals surface area contributed by atoms with Gasteiger partial charge in [-0.15, -0.1) is 0 Å². The Morgan fingerprint density at radius 1 is 1.23 bits per heavy atom. The monoisotopic (exact) mass is 305 g/mol. The van der Waals surface area contributed by atoms with Crippen molar-refractivity contribution >= 4 is 11.6 Å². The normalized spacial score (nSPS) is 16.5. The van der Waals surface area contributed by atoms with Gasteiger partial charge in [0.25, 0.3) is 5.91 Å². The molecule has 5 heteroatoms. The quantitative estimate of drug-likeness (QED) is 0.649. The molecule has 0 aromatic heterocycles. The van der Waals surface area contributed by atoms with Gasteiger partial charge in [0.2, 0.25) is 0 Å². The number of hydrogen-bond donors (Lipinski definition) is 1. The molecule has 1 aromatic rings. The summed E-state index contributed by atoms with van der Waals surface area (Å²) in [5, 5.41) is 4.25. The van der Waals surface area contributed by atoms with Gasteiger partial charge >= 0.3 is 0 Å². The number of amides is 1. The molecule has 1 aliphatic heterocycles. The van der Waals surface area contributed by atoms with Crippen molar-refractivity contribution in [3.8, 4) is 0 Å². The first-order valence-corrected chi connectivity index (χ1v) is 8.02. The highest BCUT2D eigenvalue weighted by atomic mass is 19.1. The molecular formula is C17H24FN3O. The molecule has 22 heavy (non-hydrogen) atoms. The van der Waals surface area contributed by atoms with Gasteiger partial charge in [0.05, 0.1) is 12.3 Å². The first kappa shape index (κ1) is 16.6. The number of rotatable bonds is 6. The molecular weight excluding hydrogens is 281 g/mol. The average Bonchev–Trinajstić information content (AvgIpc) is 2.53. The van der Waals surface area contributed by atoms with E-state index < -0.39 is 0 Å². The van der Waals surface area contributed by atoms with E-state index in [2.05, 4.69) is 22.4 Å². The molecule has 1 aromatic carbocycles. The largest absolute Gasteiger partial charge is 0.294 e. The third kappa shape index (κ3) is 5.22. The lowest BCUT2D eigenvalue weighted by Crippen LogP contribution is -2.38. The molecule has 1 heterocycles. The number of benzene rings is 1. The van der Waals surface area contributed by atoms with Crippen molar-refractivity contribution in [3.05, 3.63) is 35.6 Å². The standard InChI is InChI=1S/C17H24FN3O/c1-2-6-16(14-7-9-15(18)10-8-14)19-20-17(22)13-21-11-4-3-5-12-21/h7-10H,2-6,11-13H2,1H3,(H,20,22)/b19-16+. The highest BCUT2D eigenvalue weighted by Crippen LogP contribution is 2.09. The smallest absolute Gasteiger partial charge is 0.254 e. The lowest BCUT2D eigenvalue weighted by atomic mass is 10.1. The Morgan fingerprint density at radius 2 is 1.91 bits per heavy atom. The SMILES string of the molecule is CCC/C(=N\NC(=O)CN1CCCCC1)c1ccc(F)cc1. The lowest BCUT2D eigenvalue weighted by Gasteiger charge is -2.25. The zero-order valence-electron chi connectivity index (χ0n) is 13.1. The number of carbonyl (C=O) groups is 1. The van der Waals surface area contributed by atoms with E-state index in [1.54, 1.807) is 12.1 Å². The molecule has 0 aliphatic carbocycles. The van der Waals surface area contributed by atoms with Crippen molar-refractivity contribution in [1.29, 1.82) is 0 Å². The molecule has 120 valence electrons. The van der Waals surface area contributed by atoms with E-state index in [-0.39, 0.29) is 11.7 Å². The van der Waals surface area contributed by atoms with Gasteiger partial charge < -0.3 is 0 Å². The summed E-state index contributed by atoms with van der Waals surface area (Å²) in [4.78, 5) is 14.1. The number of hydrazone groups is 1. The number of nitrogens with zero attached hydrogens (tertiary/aromatic N) is 2. The van der Waals surface area contributed by atoms with Crippen molar-refractivity contribution in [1.82, 2.24) is 10.3 Å². The summed E-state index contributed by atoms with van der Waals surface area (Å²) in [6, 6.07) is 6.22. The minimum Gasteiger partial charge on any atom is -0.294 e. The van der Waals surface area contributed by atoms with Gasteiger partial charge in [-0.25, -0.2) is 9.82 Å². The van der Waals surface area contributed by atoms with E-state index in [1.807, 2.05) is 0 Å². The van der Waals surface area contributed by atoms with Crippen LogP contribution in [0.25, 0.3) is 0 Å². The van der Waals surface area contributed by atoms with Crippen LogP contribution in [0.4, 0.5) is 4.39 Å².